The molecule has 4 nitrogen and oxygen atoms in total. The first-order chi connectivity index (χ1) is 8.22. The van der Waals surface area contributed by atoms with Gasteiger partial charge in [0.1, 0.15) is 5.69 Å². The molecule has 2 fully saturated rings. The van der Waals surface area contributed by atoms with Crippen molar-refractivity contribution in [1.82, 2.24) is 15.2 Å². The van der Waals surface area contributed by atoms with Gasteiger partial charge in [0.05, 0.1) is 5.01 Å². The van der Waals surface area contributed by atoms with E-state index in [4.69, 9.17) is 0 Å². The number of nitrogens with zero attached hydrogens (tertiary/aromatic N) is 2. The predicted octanol–water partition coefficient (Wildman–Crippen LogP) is 1.42. The fourth-order valence-electron chi connectivity index (χ4n) is 2.75. The summed E-state index contributed by atoms with van der Waals surface area (Å²) in [6.45, 7) is 3.64. The van der Waals surface area contributed by atoms with Gasteiger partial charge in [-0.3, -0.25) is 4.79 Å². The van der Waals surface area contributed by atoms with Crippen molar-refractivity contribution in [2.24, 2.45) is 0 Å². The zero-order chi connectivity index (χ0) is 11.8. The van der Waals surface area contributed by atoms with E-state index in [1.54, 1.807) is 11.3 Å². The minimum absolute atomic E-state index is 0.101. The second-order valence-corrected chi connectivity index (χ2v) is 5.99. The highest BCUT2D eigenvalue weighted by Crippen LogP contribution is 2.21. The molecule has 2 saturated heterocycles. The number of hydrogen-bond donors (Lipinski definition) is 1. The van der Waals surface area contributed by atoms with Crippen LogP contribution >= 0.6 is 11.3 Å². The second kappa shape index (κ2) is 4.38. The summed E-state index contributed by atoms with van der Waals surface area (Å²) in [6.07, 6.45) is 3.54. The lowest BCUT2D eigenvalue weighted by Crippen LogP contribution is -2.39. The lowest BCUT2D eigenvalue weighted by Gasteiger charge is -2.23. The Bertz CT molecular complexity index is 431. The molecule has 3 heterocycles. The molecule has 0 spiro atoms. The Labute approximate surface area is 105 Å². The van der Waals surface area contributed by atoms with E-state index < -0.39 is 0 Å². The molecule has 1 amide bonds. The van der Waals surface area contributed by atoms with E-state index in [0.717, 1.165) is 24.5 Å². The van der Waals surface area contributed by atoms with Crippen molar-refractivity contribution in [3.8, 4) is 0 Å². The first kappa shape index (κ1) is 11.2. The van der Waals surface area contributed by atoms with Crippen molar-refractivity contribution in [3.05, 3.63) is 16.1 Å². The van der Waals surface area contributed by atoms with Gasteiger partial charge in [0, 0.05) is 30.6 Å². The molecule has 1 aromatic heterocycles. The molecule has 0 aromatic carbocycles. The largest absolute Gasteiger partial charge is 0.336 e. The van der Waals surface area contributed by atoms with Crippen molar-refractivity contribution < 1.29 is 4.79 Å². The summed E-state index contributed by atoms with van der Waals surface area (Å²) < 4.78 is 0. The molecule has 0 aliphatic carbocycles. The van der Waals surface area contributed by atoms with Crippen LogP contribution in [-0.4, -0.2) is 41.0 Å². The average molecular weight is 251 g/mol. The van der Waals surface area contributed by atoms with E-state index in [-0.39, 0.29) is 5.91 Å². The fraction of sp³-hybridized carbons (Fsp3) is 0.667. The number of rotatable bonds is 1. The van der Waals surface area contributed by atoms with Crippen LogP contribution in [0.3, 0.4) is 0 Å². The van der Waals surface area contributed by atoms with Crippen LogP contribution in [0.25, 0.3) is 0 Å². The van der Waals surface area contributed by atoms with Crippen molar-refractivity contribution in [2.75, 3.05) is 13.1 Å². The molecule has 17 heavy (non-hydrogen) atoms. The molecule has 0 radical (unpaired) electrons. The highest BCUT2D eigenvalue weighted by atomic mass is 32.1. The molecule has 92 valence electrons. The van der Waals surface area contributed by atoms with Gasteiger partial charge in [0.15, 0.2) is 0 Å². The first-order valence-electron chi connectivity index (χ1n) is 6.20. The number of amides is 1. The molecule has 5 heteroatoms. The minimum Gasteiger partial charge on any atom is -0.336 e. The first-order valence-corrected chi connectivity index (χ1v) is 7.08. The molecule has 2 unspecified atom stereocenters. The van der Waals surface area contributed by atoms with Crippen LogP contribution in [0, 0.1) is 6.92 Å². The molecular weight excluding hydrogens is 234 g/mol. The van der Waals surface area contributed by atoms with E-state index in [1.165, 1.54) is 12.8 Å². The molecular formula is C12H17N3OS. The minimum atomic E-state index is 0.101. The van der Waals surface area contributed by atoms with Crippen molar-refractivity contribution in [3.63, 3.8) is 0 Å². The number of aromatic nitrogens is 1. The van der Waals surface area contributed by atoms with E-state index in [9.17, 15) is 4.79 Å². The van der Waals surface area contributed by atoms with Gasteiger partial charge in [0.25, 0.3) is 5.91 Å². The van der Waals surface area contributed by atoms with Crippen LogP contribution in [0.15, 0.2) is 5.38 Å². The van der Waals surface area contributed by atoms with Gasteiger partial charge in [-0.05, 0) is 26.2 Å². The Balaban J connectivity index is 1.73. The third kappa shape index (κ3) is 2.21. The Morgan fingerprint density at radius 2 is 2.29 bits per heavy atom. The van der Waals surface area contributed by atoms with Crippen LogP contribution in [0.1, 0.15) is 34.8 Å². The number of aryl methyl sites for hydroxylation is 1. The fourth-order valence-corrected chi connectivity index (χ4v) is 3.34. The van der Waals surface area contributed by atoms with Gasteiger partial charge in [-0.2, -0.15) is 0 Å². The van der Waals surface area contributed by atoms with Crippen LogP contribution in [0.5, 0.6) is 0 Å². The van der Waals surface area contributed by atoms with Crippen molar-refractivity contribution in [2.45, 2.75) is 38.3 Å². The number of carbonyl (C=O) groups is 1. The van der Waals surface area contributed by atoms with Crippen LogP contribution in [0.2, 0.25) is 0 Å². The predicted molar refractivity (Wildman–Crippen MR) is 67.3 cm³/mol. The SMILES string of the molecule is Cc1nc(C(=O)N2CCC3CCC(C2)N3)cs1. The van der Waals surface area contributed by atoms with E-state index in [0.29, 0.717) is 17.8 Å². The highest BCUT2D eigenvalue weighted by molar-refractivity contribution is 7.09. The van der Waals surface area contributed by atoms with E-state index in [1.807, 2.05) is 17.2 Å². The number of carbonyl (C=O) groups excluding carboxylic acids is 1. The lowest BCUT2D eigenvalue weighted by molar-refractivity contribution is 0.0743. The molecule has 0 saturated carbocycles. The lowest BCUT2D eigenvalue weighted by atomic mass is 10.1. The maximum Gasteiger partial charge on any atom is 0.273 e. The molecule has 3 rings (SSSR count). The third-order valence-corrected chi connectivity index (χ3v) is 4.42. The van der Waals surface area contributed by atoms with Crippen LogP contribution in [0.4, 0.5) is 0 Å². The summed E-state index contributed by atoms with van der Waals surface area (Å²) in [5, 5.41) is 6.41. The molecule has 1 aromatic rings. The summed E-state index contributed by atoms with van der Waals surface area (Å²) in [6, 6.07) is 1.11. The summed E-state index contributed by atoms with van der Waals surface area (Å²) in [7, 11) is 0. The van der Waals surface area contributed by atoms with Gasteiger partial charge < -0.3 is 10.2 Å². The van der Waals surface area contributed by atoms with E-state index in [2.05, 4.69) is 10.3 Å². The van der Waals surface area contributed by atoms with Crippen molar-refractivity contribution in [1.29, 1.82) is 0 Å². The molecule has 1 N–H and O–H groups in total. The monoisotopic (exact) mass is 251 g/mol. The summed E-state index contributed by atoms with van der Waals surface area (Å²) in [5.74, 6) is 0.101. The highest BCUT2D eigenvalue weighted by Gasteiger charge is 2.31. The zero-order valence-electron chi connectivity index (χ0n) is 9.98. The number of fused-ring (bicyclic) bond motifs is 2. The third-order valence-electron chi connectivity index (χ3n) is 3.65. The zero-order valence-corrected chi connectivity index (χ0v) is 10.8. The van der Waals surface area contributed by atoms with Crippen molar-refractivity contribution >= 4 is 17.2 Å². The summed E-state index contributed by atoms with van der Waals surface area (Å²) in [5.41, 5.74) is 0.616. The second-order valence-electron chi connectivity index (χ2n) is 4.93. The quantitative estimate of drug-likeness (QED) is 0.821. The van der Waals surface area contributed by atoms with Crippen LogP contribution in [-0.2, 0) is 0 Å². The number of nitrogens with one attached hydrogen (secondary N) is 1. The van der Waals surface area contributed by atoms with Crippen LogP contribution < -0.4 is 5.32 Å². The average Bonchev–Trinajstić information content (AvgIpc) is 2.84. The molecule has 2 bridgehead atoms. The Hall–Kier alpha value is -0.940. The number of likely N-dealkylation sites (tertiary alicyclic amines) is 1. The topological polar surface area (TPSA) is 45.2 Å². The summed E-state index contributed by atoms with van der Waals surface area (Å²) >= 11 is 1.54. The Morgan fingerprint density at radius 1 is 1.47 bits per heavy atom. The van der Waals surface area contributed by atoms with E-state index >= 15 is 0 Å². The van der Waals surface area contributed by atoms with Gasteiger partial charge in [0.2, 0.25) is 0 Å². The maximum absolute atomic E-state index is 12.3. The maximum atomic E-state index is 12.3. The van der Waals surface area contributed by atoms with Gasteiger partial charge in [-0.15, -0.1) is 11.3 Å². The number of thiazole rings is 1. The van der Waals surface area contributed by atoms with Gasteiger partial charge in [-0.25, -0.2) is 4.98 Å². The van der Waals surface area contributed by atoms with Gasteiger partial charge >= 0.3 is 0 Å². The molecule has 2 aliphatic rings. The molecule has 2 aliphatic heterocycles. The smallest absolute Gasteiger partial charge is 0.273 e. The van der Waals surface area contributed by atoms with Gasteiger partial charge in [-0.1, -0.05) is 0 Å². The standard InChI is InChI=1S/C12H17N3OS/c1-8-13-11(7-17-8)12(16)15-5-4-9-2-3-10(6-15)14-9/h7,9-10,14H,2-6H2,1H3. The normalized spacial score (nSPS) is 28.2. The Kier molecular flexibility index (Phi) is 2.88. The number of hydrogen-bond acceptors (Lipinski definition) is 4. The summed E-state index contributed by atoms with van der Waals surface area (Å²) in [4.78, 5) is 18.5. The Morgan fingerprint density at radius 3 is 3.06 bits per heavy atom. The molecule has 2 atom stereocenters.